The molecule has 0 saturated heterocycles. The third-order valence-electron chi connectivity index (χ3n) is 7.21. The van der Waals surface area contributed by atoms with Crippen LogP contribution in [0.25, 0.3) is 21.8 Å². The largest absolute Gasteiger partial charge is 0.341 e. The van der Waals surface area contributed by atoms with Crippen molar-refractivity contribution in [3.05, 3.63) is 118 Å². The summed E-state index contributed by atoms with van der Waals surface area (Å²) in [7, 11) is 0. The van der Waals surface area contributed by atoms with Crippen molar-refractivity contribution in [2.75, 3.05) is 0 Å². The minimum Gasteiger partial charge on any atom is -0.341 e. The fourth-order valence-electron chi connectivity index (χ4n) is 5.11. The fourth-order valence-corrected chi connectivity index (χ4v) is 5.24. The molecule has 41 heavy (non-hydrogen) atoms. The van der Waals surface area contributed by atoms with Crippen molar-refractivity contribution in [2.45, 2.75) is 40.2 Å². The molecule has 1 heterocycles. The monoisotopic (exact) mass is 564 g/mol. The molecule has 0 saturated carbocycles. The lowest BCUT2D eigenvalue weighted by atomic mass is 9.97. The molecule has 0 atom stereocenters. The van der Waals surface area contributed by atoms with Crippen LogP contribution in [0.1, 0.15) is 57.7 Å². The molecule has 4 aromatic carbocycles. The van der Waals surface area contributed by atoms with Gasteiger partial charge in [-0.15, -0.1) is 0 Å². The van der Waals surface area contributed by atoms with Gasteiger partial charge in [0.25, 0.3) is 0 Å². The Kier molecular flexibility index (Phi) is 8.13. The number of rotatable bonds is 9. The normalized spacial score (nSPS) is 11.7. The quantitative estimate of drug-likeness (QED) is 0.0793. The van der Waals surface area contributed by atoms with E-state index in [-0.39, 0.29) is 23.7 Å². The van der Waals surface area contributed by atoms with Crippen molar-refractivity contribution in [1.82, 2.24) is 4.57 Å². The van der Waals surface area contributed by atoms with E-state index >= 15 is 0 Å². The van der Waals surface area contributed by atoms with Crippen LogP contribution < -0.4 is 0 Å². The first-order valence-electron chi connectivity index (χ1n) is 13.5. The number of aromatic nitrogens is 1. The summed E-state index contributed by atoms with van der Waals surface area (Å²) in [6, 6.07) is 26.1. The van der Waals surface area contributed by atoms with Crippen LogP contribution in [0.4, 0.5) is 0 Å². The number of fused-ring (bicyclic) bond motifs is 3. The number of hydrogen-bond donors (Lipinski definition) is 0. The highest BCUT2D eigenvalue weighted by Gasteiger charge is 2.20. The van der Waals surface area contributed by atoms with Gasteiger partial charge in [-0.2, -0.15) is 0 Å². The summed E-state index contributed by atoms with van der Waals surface area (Å²) in [6.45, 7) is 5.95. The number of carbonyl (C=O) groups excluding carboxylic acids is 3. The Morgan fingerprint density at radius 2 is 1.49 bits per heavy atom. The van der Waals surface area contributed by atoms with Gasteiger partial charge in [0.05, 0.1) is 0 Å². The van der Waals surface area contributed by atoms with E-state index in [2.05, 4.69) is 16.6 Å². The Bertz CT molecular complexity index is 1830. The molecule has 0 fully saturated rings. The fraction of sp³-hybridized carbons (Fsp3) is 0.176. The molecule has 5 rings (SSSR count). The average Bonchev–Trinajstić information content (AvgIpc) is 3.29. The van der Waals surface area contributed by atoms with Gasteiger partial charge < -0.3 is 9.40 Å². The van der Waals surface area contributed by atoms with Gasteiger partial charge in [-0.3, -0.25) is 9.59 Å². The van der Waals surface area contributed by atoms with Crippen molar-refractivity contribution in [3.8, 4) is 0 Å². The van der Waals surface area contributed by atoms with Gasteiger partial charge in [0.1, 0.15) is 5.71 Å². The van der Waals surface area contributed by atoms with Gasteiger partial charge in [-0.1, -0.05) is 53.2 Å². The minimum absolute atomic E-state index is 0.0485. The molecule has 0 aliphatic rings. The standard InChI is InChI=1S/C34H29ClN2O4/c1-4-37-31-17-12-24(33(39)27-8-6-5-7-21(27)2)19-28(31)29-20-25(13-18-32(29)37)34(40)30(36-41-22(3)38)16-11-23-9-14-26(35)15-10-23/h5-10,12-15,17-20H,4,11,16H2,1-3H3/b36-30-. The summed E-state index contributed by atoms with van der Waals surface area (Å²) in [5.41, 5.74) is 5.64. The molecular formula is C34H29ClN2O4. The van der Waals surface area contributed by atoms with Gasteiger partial charge >= 0.3 is 5.97 Å². The van der Waals surface area contributed by atoms with E-state index in [1.807, 2.05) is 73.7 Å². The van der Waals surface area contributed by atoms with Crippen LogP contribution in [-0.4, -0.2) is 27.8 Å². The number of nitrogens with zero attached hydrogens (tertiary/aromatic N) is 2. The van der Waals surface area contributed by atoms with Crippen molar-refractivity contribution in [2.24, 2.45) is 5.16 Å². The Hall–Kier alpha value is -4.55. The molecule has 0 amide bonds. The molecule has 0 unspecified atom stereocenters. The molecule has 0 spiro atoms. The summed E-state index contributed by atoms with van der Waals surface area (Å²) < 4.78 is 2.16. The van der Waals surface area contributed by atoms with Gasteiger partial charge in [0.2, 0.25) is 5.78 Å². The number of Topliss-reactive ketones (excluding diaryl/α,β-unsaturated/α-hetero) is 1. The smallest absolute Gasteiger partial charge is 0.331 e. The predicted octanol–water partition coefficient (Wildman–Crippen LogP) is 7.74. The Morgan fingerprint density at radius 3 is 2.12 bits per heavy atom. The van der Waals surface area contributed by atoms with E-state index in [0.29, 0.717) is 28.1 Å². The van der Waals surface area contributed by atoms with Crippen LogP contribution in [0.3, 0.4) is 0 Å². The molecule has 6 nitrogen and oxygen atoms in total. The molecule has 0 aliphatic carbocycles. The first-order chi connectivity index (χ1) is 19.8. The molecule has 0 aliphatic heterocycles. The number of aryl methyl sites for hydroxylation is 3. The van der Waals surface area contributed by atoms with Crippen LogP contribution in [0.5, 0.6) is 0 Å². The summed E-state index contributed by atoms with van der Waals surface area (Å²) in [6.07, 6.45) is 0.794. The van der Waals surface area contributed by atoms with Crippen LogP contribution in [0, 0.1) is 6.92 Å². The molecule has 0 N–H and O–H groups in total. The second-order valence-corrected chi connectivity index (χ2v) is 10.4. The lowest BCUT2D eigenvalue weighted by Crippen LogP contribution is -2.17. The van der Waals surface area contributed by atoms with Crippen LogP contribution in [-0.2, 0) is 22.6 Å². The summed E-state index contributed by atoms with van der Waals surface area (Å²) in [5.74, 6) is -0.978. The van der Waals surface area contributed by atoms with Crippen molar-refractivity contribution in [3.63, 3.8) is 0 Å². The average molecular weight is 565 g/mol. The third-order valence-corrected chi connectivity index (χ3v) is 7.46. The van der Waals surface area contributed by atoms with Crippen molar-refractivity contribution < 1.29 is 19.2 Å². The molecule has 1 aromatic heterocycles. The second-order valence-electron chi connectivity index (χ2n) is 9.93. The Balaban J connectivity index is 1.55. The maximum Gasteiger partial charge on any atom is 0.331 e. The van der Waals surface area contributed by atoms with Crippen LogP contribution in [0.15, 0.2) is 90.1 Å². The molecule has 0 bridgehead atoms. The molecule has 0 radical (unpaired) electrons. The van der Waals surface area contributed by atoms with E-state index < -0.39 is 5.97 Å². The van der Waals surface area contributed by atoms with Gasteiger partial charge in [-0.05, 0) is 79.9 Å². The number of ketones is 2. The number of hydrogen-bond acceptors (Lipinski definition) is 5. The lowest BCUT2D eigenvalue weighted by Gasteiger charge is -2.07. The number of benzene rings is 4. The van der Waals surface area contributed by atoms with Gasteiger partial charge in [-0.25, -0.2) is 4.79 Å². The molecular weight excluding hydrogens is 536 g/mol. The van der Waals surface area contributed by atoms with E-state index in [9.17, 15) is 14.4 Å². The first kappa shape index (κ1) is 28.0. The second kappa shape index (κ2) is 11.9. The zero-order valence-electron chi connectivity index (χ0n) is 23.1. The topological polar surface area (TPSA) is 77.7 Å². The maximum atomic E-state index is 13.7. The molecule has 206 valence electrons. The highest BCUT2D eigenvalue weighted by molar-refractivity contribution is 6.46. The summed E-state index contributed by atoms with van der Waals surface area (Å²) in [4.78, 5) is 43.5. The minimum atomic E-state index is -0.603. The summed E-state index contributed by atoms with van der Waals surface area (Å²) >= 11 is 6.00. The zero-order chi connectivity index (χ0) is 29.1. The van der Waals surface area contributed by atoms with Crippen molar-refractivity contribution in [1.29, 1.82) is 0 Å². The maximum absolute atomic E-state index is 13.7. The van der Waals surface area contributed by atoms with Crippen LogP contribution in [0.2, 0.25) is 5.02 Å². The molecule has 5 aromatic rings. The van der Waals surface area contributed by atoms with Crippen molar-refractivity contribution >= 4 is 56.7 Å². The van der Waals surface area contributed by atoms with Gasteiger partial charge in [0, 0.05) is 63.4 Å². The van der Waals surface area contributed by atoms with Gasteiger partial charge in [0.15, 0.2) is 5.78 Å². The number of halogens is 1. The predicted molar refractivity (Wildman–Crippen MR) is 163 cm³/mol. The Labute approximate surface area is 243 Å². The summed E-state index contributed by atoms with van der Waals surface area (Å²) in [5, 5.41) is 6.29. The third kappa shape index (κ3) is 5.83. The Morgan fingerprint density at radius 1 is 0.854 bits per heavy atom. The van der Waals surface area contributed by atoms with E-state index in [0.717, 1.165) is 39.5 Å². The van der Waals surface area contributed by atoms with E-state index in [1.54, 1.807) is 18.2 Å². The number of oxime groups is 1. The van der Waals surface area contributed by atoms with Crippen LogP contribution >= 0.6 is 11.6 Å². The lowest BCUT2D eigenvalue weighted by molar-refractivity contribution is -0.140. The first-order valence-corrected chi connectivity index (χ1v) is 13.8. The highest BCUT2D eigenvalue weighted by Crippen LogP contribution is 2.32. The SMILES string of the molecule is CCn1c2ccc(C(=O)/C(CCc3ccc(Cl)cc3)=N\OC(C)=O)cc2c2cc(C(=O)c3ccccc3C)ccc21. The van der Waals surface area contributed by atoms with E-state index in [1.165, 1.54) is 6.92 Å². The zero-order valence-corrected chi connectivity index (χ0v) is 23.9. The van der Waals surface area contributed by atoms with E-state index in [4.69, 9.17) is 16.4 Å². The highest BCUT2D eigenvalue weighted by atomic mass is 35.5. The number of carbonyl (C=O) groups is 3. The molecule has 7 heteroatoms.